The first kappa shape index (κ1) is 13.9. The van der Waals surface area contributed by atoms with Crippen molar-refractivity contribution in [1.29, 1.82) is 0 Å². The number of hydrogen-bond acceptors (Lipinski definition) is 1. The topological polar surface area (TPSA) is 34.0 Å². The second kappa shape index (κ2) is 6.57. The zero-order valence-corrected chi connectivity index (χ0v) is 12.5. The first-order valence-corrected chi connectivity index (χ1v) is 7.18. The van der Waals surface area contributed by atoms with Gasteiger partial charge in [0.15, 0.2) is 0 Å². The van der Waals surface area contributed by atoms with Gasteiger partial charge in [-0.3, -0.25) is 4.79 Å². The van der Waals surface area contributed by atoms with Crippen LogP contribution in [0.2, 0.25) is 0 Å². The Balaban J connectivity index is 1.91. The lowest BCUT2D eigenvalue weighted by atomic mass is 10.1. The van der Waals surface area contributed by atoms with E-state index in [1.807, 2.05) is 42.0 Å². The summed E-state index contributed by atoms with van der Waals surface area (Å²) in [5, 5.41) is 2.95. The Morgan fingerprint density at radius 3 is 2.74 bits per heavy atom. The molecule has 0 saturated carbocycles. The Hall–Kier alpha value is -1.55. The predicted molar refractivity (Wildman–Crippen MR) is 80.3 cm³/mol. The van der Waals surface area contributed by atoms with E-state index in [2.05, 4.69) is 33.4 Å². The molecule has 1 aromatic carbocycles. The van der Waals surface area contributed by atoms with Crippen LogP contribution in [0.5, 0.6) is 0 Å². The number of halogens is 1. The Bertz CT molecular complexity index is 549. The molecule has 19 heavy (non-hydrogen) atoms. The van der Waals surface area contributed by atoms with E-state index in [0.717, 1.165) is 17.4 Å². The van der Waals surface area contributed by atoms with E-state index in [-0.39, 0.29) is 5.91 Å². The van der Waals surface area contributed by atoms with Gasteiger partial charge in [-0.15, -0.1) is 0 Å². The highest BCUT2D eigenvalue weighted by molar-refractivity contribution is 9.10. The highest BCUT2D eigenvalue weighted by Gasteiger charge is 2.11. The van der Waals surface area contributed by atoms with Crippen molar-refractivity contribution in [3.05, 3.63) is 58.3 Å². The third-order valence-electron chi connectivity index (χ3n) is 2.98. The number of carbonyl (C=O) groups excluding carboxylic acids is 1. The molecule has 0 aliphatic carbocycles. The molecule has 4 heteroatoms. The minimum Gasteiger partial charge on any atom is -0.350 e. The fraction of sp³-hybridized carbons (Fsp3) is 0.267. The van der Waals surface area contributed by atoms with Crippen molar-refractivity contribution in [3.8, 4) is 0 Å². The third kappa shape index (κ3) is 3.70. The minimum atomic E-state index is -0.0246. The van der Waals surface area contributed by atoms with Crippen LogP contribution in [0.3, 0.4) is 0 Å². The zero-order valence-electron chi connectivity index (χ0n) is 10.9. The summed E-state index contributed by atoms with van der Waals surface area (Å²) in [7, 11) is 0. The first-order chi connectivity index (χ1) is 9.20. The molecule has 100 valence electrons. The van der Waals surface area contributed by atoms with Gasteiger partial charge in [0.25, 0.3) is 5.91 Å². The molecule has 1 amide bonds. The van der Waals surface area contributed by atoms with Crippen molar-refractivity contribution < 1.29 is 4.79 Å². The maximum Gasteiger partial charge on any atom is 0.267 e. The summed E-state index contributed by atoms with van der Waals surface area (Å²) in [6, 6.07) is 12.0. The molecule has 0 fully saturated rings. The number of nitrogens with one attached hydrogen (secondary N) is 1. The van der Waals surface area contributed by atoms with Crippen molar-refractivity contribution in [2.45, 2.75) is 19.9 Å². The summed E-state index contributed by atoms with van der Waals surface area (Å²) >= 11 is 3.40. The highest BCUT2D eigenvalue weighted by Crippen LogP contribution is 2.14. The molecule has 0 aliphatic heterocycles. The van der Waals surface area contributed by atoms with Crippen LogP contribution in [0.4, 0.5) is 0 Å². The standard InChI is InChI=1S/C15H17BrN2O/c1-2-18-11-13(16)10-14(18)15(19)17-9-8-12-6-4-3-5-7-12/h3-7,10-11H,2,8-9H2,1H3,(H,17,19). The minimum absolute atomic E-state index is 0.0246. The van der Waals surface area contributed by atoms with Crippen LogP contribution in [-0.2, 0) is 13.0 Å². The maximum absolute atomic E-state index is 12.1. The second-order valence-corrected chi connectivity index (χ2v) is 5.24. The number of rotatable bonds is 5. The van der Waals surface area contributed by atoms with Gasteiger partial charge in [0.2, 0.25) is 0 Å². The van der Waals surface area contributed by atoms with Crippen molar-refractivity contribution in [2.75, 3.05) is 6.54 Å². The van der Waals surface area contributed by atoms with Crippen LogP contribution in [0.1, 0.15) is 23.0 Å². The van der Waals surface area contributed by atoms with Gasteiger partial charge in [0, 0.05) is 23.8 Å². The van der Waals surface area contributed by atoms with E-state index >= 15 is 0 Å². The maximum atomic E-state index is 12.1. The molecule has 0 spiro atoms. The average molecular weight is 321 g/mol. The molecule has 0 bridgehead atoms. The predicted octanol–water partition coefficient (Wildman–Crippen LogP) is 3.24. The van der Waals surface area contributed by atoms with E-state index in [1.54, 1.807) is 0 Å². The highest BCUT2D eigenvalue weighted by atomic mass is 79.9. The first-order valence-electron chi connectivity index (χ1n) is 6.38. The smallest absolute Gasteiger partial charge is 0.267 e. The number of aryl methyl sites for hydroxylation is 1. The molecule has 0 unspecified atom stereocenters. The van der Waals surface area contributed by atoms with Gasteiger partial charge in [-0.05, 0) is 40.9 Å². The monoisotopic (exact) mass is 320 g/mol. The molecule has 0 aliphatic rings. The largest absolute Gasteiger partial charge is 0.350 e. The second-order valence-electron chi connectivity index (χ2n) is 4.32. The molecule has 0 saturated heterocycles. The molecule has 0 radical (unpaired) electrons. The molecular weight excluding hydrogens is 304 g/mol. The summed E-state index contributed by atoms with van der Waals surface area (Å²) < 4.78 is 2.87. The number of hydrogen-bond donors (Lipinski definition) is 1. The molecular formula is C15H17BrN2O. The van der Waals surface area contributed by atoms with Crippen LogP contribution in [0.15, 0.2) is 47.1 Å². The Morgan fingerprint density at radius 1 is 1.32 bits per heavy atom. The zero-order chi connectivity index (χ0) is 13.7. The summed E-state index contributed by atoms with van der Waals surface area (Å²) in [6.07, 6.45) is 2.77. The van der Waals surface area contributed by atoms with E-state index in [4.69, 9.17) is 0 Å². The number of nitrogens with zero attached hydrogens (tertiary/aromatic N) is 1. The number of carbonyl (C=O) groups is 1. The van der Waals surface area contributed by atoms with Crippen molar-refractivity contribution in [2.24, 2.45) is 0 Å². The van der Waals surface area contributed by atoms with Gasteiger partial charge >= 0.3 is 0 Å². The lowest BCUT2D eigenvalue weighted by Gasteiger charge is -2.07. The summed E-state index contributed by atoms with van der Waals surface area (Å²) in [6.45, 7) is 3.45. The van der Waals surface area contributed by atoms with Gasteiger partial charge in [-0.1, -0.05) is 30.3 Å². The number of benzene rings is 1. The van der Waals surface area contributed by atoms with E-state index in [0.29, 0.717) is 12.2 Å². The van der Waals surface area contributed by atoms with Crippen molar-refractivity contribution in [3.63, 3.8) is 0 Å². The van der Waals surface area contributed by atoms with Crippen molar-refractivity contribution >= 4 is 21.8 Å². The third-order valence-corrected chi connectivity index (χ3v) is 3.41. The van der Waals surface area contributed by atoms with Crippen molar-refractivity contribution in [1.82, 2.24) is 9.88 Å². The van der Waals surface area contributed by atoms with E-state index in [1.165, 1.54) is 5.56 Å². The molecule has 1 heterocycles. The van der Waals surface area contributed by atoms with Gasteiger partial charge < -0.3 is 9.88 Å². The van der Waals surface area contributed by atoms with E-state index in [9.17, 15) is 4.79 Å². The van der Waals surface area contributed by atoms with Crippen LogP contribution < -0.4 is 5.32 Å². The Morgan fingerprint density at radius 2 is 2.05 bits per heavy atom. The van der Waals surface area contributed by atoms with Crippen LogP contribution >= 0.6 is 15.9 Å². The number of aromatic nitrogens is 1. The quantitative estimate of drug-likeness (QED) is 0.901. The van der Waals surface area contributed by atoms with Crippen LogP contribution in [0, 0.1) is 0 Å². The fourth-order valence-electron chi connectivity index (χ4n) is 1.98. The molecule has 2 rings (SSSR count). The molecule has 3 nitrogen and oxygen atoms in total. The Kier molecular flexibility index (Phi) is 4.80. The lowest BCUT2D eigenvalue weighted by molar-refractivity contribution is 0.0945. The van der Waals surface area contributed by atoms with Gasteiger partial charge in [0.05, 0.1) is 0 Å². The normalized spacial score (nSPS) is 10.4. The molecule has 1 N–H and O–H groups in total. The molecule has 2 aromatic rings. The summed E-state index contributed by atoms with van der Waals surface area (Å²) in [5.74, 6) is -0.0246. The summed E-state index contributed by atoms with van der Waals surface area (Å²) in [4.78, 5) is 12.1. The van der Waals surface area contributed by atoms with Gasteiger partial charge in [-0.25, -0.2) is 0 Å². The summed E-state index contributed by atoms with van der Waals surface area (Å²) in [5.41, 5.74) is 1.93. The SMILES string of the molecule is CCn1cc(Br)cc1C(=O)NCCc1ccccc1. The molecule has 0 atom stereocenters. The Labute approximate surface area is 121 Å². The van der Waals surface area contributed by atoms with E-state index < -0.39 is 0 Å². The fourth-order valence-corrected chi connectivity index (χ4v) is 2.45. The van der Waals surface area contributed by atoms with Crippen LogP contribution in [-0.4, -0.2) is 17.0 Å². The van der Waals surface area contributed by atoms with Gasteiger partial charge in [0.1, 0.15) is 5.69 Å². The molecule has 1 aromatic heterocycles. The van der Waals surface area contributed by atoms with Gasteiger partial charge in [-0.2, -0.15) is 0 Å². The van der Waals surface area contributed by atoms with Crippen LogP contribution in [0.25, 0.3) is 0 Å². The average Bonchev–Trinajstić information content (AvgIpc) is 2.81. The number of amides is 1. The lowest BCUT2D eigenvalue weighted by Crippen LogP contribution is -2.27.